The predicted molar refractivity (Wildman–Crippen MR) is 81.0 cm³/mol. The van der Waals surface area contributed by atoms with Crippen LogP contribution in [0.25, 0.3) is 0 Å². The Kier molecular flexibility index (Phi) is 3.01. The van der Waals surface area contributed by atoms with Gasteiger partial charge in [0.1, 0.15) is 5.71 Å². The van der Waals surface area contributed by atoms with Gasteiger partial charge in [-0.1, -0.05) is 39.0 Å². The van der Waals surface area contributed by atoms with Crippen LogP contribution in [-0.2, 0) is 4.79 Å². The molecule has 0 radical (unpaired) electrons. The van der Waals surface area contributed by atoms with Crippen molar-refractivity contribution in [3.8, 4) is 0 Å². The molecule has 2 bridgehead atoms. The van der Waals surface area contributed by atoms with E-state index in [-0.39, 0.29) is 28.4 Å². The molecule has 110 valence electrons. The van der Waals surface area contributed by atoms with Crippen LogP contribution in [0, 0.1) is 16.7 Å². The van der Waals surface area contributed by atoms with Crippen molar-refractivity contribution >= 4 is 17.4 Å². The fraction of sp³-hybridized carbons (Fsp3) is 0.471. The maximum absolute atomic E-state index is 12.6. The Morgan fingerprint density at radius 1 is 1.24 bits per heavy atom. The molecule has 3 rings (SSSR count). The van der Waals surface area contributed by atoms with E-state index in [1.165, 1.54) is 0 Å². The average molecular weight is 284 g/mol. The highest BCUT2D eigenvalue weighted by Crippen LogP contribution is 2.62. The molecule has 0 aromatic heterocycles. The first-order chi connectivity index (χ1) is 9.88. The Bertz CT molecular complexity index is 633. The summed E-state index contributed by atoms with van der Waals surface area (Å²) >= 11 is 0. The van der Waals surface area contributed by atoms with Crippen molar-refractivity contribution in [2.75, 3.05) is 0 Å². The van der Waals surface area contributed by atoms with Crippen molar-refractivity contribution in [2.24, 2.45) is 21.8 Å². The highest BCUT2D eigenvalue weighted by Gasteiger charge is 2.65. The molecule has 2 aliphatic rings. The zero-order valence-electron chi connectivity index (χ0n) is 12.6. The number of fused-ring (bicyclic) bond motifs is 2. The molecule has 21 heavy (non-hydrogen) atoms. The van der Waals surface area contributed by atoms with E-state index < -0.39 is 0 Å². The van der Waals surface area contributed by atoms with E-state index in [0.717, 1.165) is 12.8 Å². The lowest BCUT2D eigenvalue weighted by molar-refractivity contribution is -0.123. The normalized spacial score (nSPS) is 31.7. The molecule has 1 amide bonds. The average Bonchev–Trinajstić information content (AvgIpc) is 2.78. The first kappa shape index (κ1) is 14.0. The smallest absolute Gasteiger partial charge is 0.271 e. The van der Waals surface area contributed by atoms with Crippen LogP contribution in [0.15, 0.2) is 35.4 Å². The lowest BCUT2D eigenvalue weighted by Gasteiger charge is -2.31. The minimum Gasteiger partial charge on any atom is -0.292 e. The third kappa shape index (κ3) is 1.85. The van der Waals surface area contributed by atoms with Gasteiger partial charge in [-0.3, -0.25) is 9.59 Å². The second kappa shape index (κ2) is 4.52. The molecular weight excluding hydrogens is 264 g/mol. The van der Waals surface area contributed by atoms with Gasteiger partial charge in [0, 0.05) is 16.9 Å². The number of carbonyl (C=O) groups is 2. The summed E-state index contributed by atoms with van der Waals surface area (Å²) in [6.07, 6.45) is 1.88. The number of rotatable bonds is 2. The Labute approximate surface area is 124 Å². The summed E-state index contributed by atoms with van der Waals surface area (Å²) in [5.74, 6) is -0.0372. The number of hydrogen-bond acceptors (Lipinski definition) is 3. The van der Waals surface area contributed by atoms with Crippen LogP contribution in [0.4, 0.5) is 0 Å². The fourth-order valence-corrected chi connectivity index (χ4v) is 3.72. The number of Topliss-reactive ketones (excluding diaryl/α,β-unsaturated/α-hetero) is 1. The van der Waals surface area contributed by atoms with Crippen LogP contribution in [0.3, 0.4) is 0 Å². The Hall–Kier alpha value is -1.97. The standard InChI is InChI=1S/C17H20N2O2/c1-16(2)12-9-10-17(16,3)14(20)13(12)18-19-15(21)11-7-5-4-6-8-11/h4-8,12H,9-10H2,1-3H3,(H,19,21)/b18-13-/t12-,17+/m1/s1. The molecule has 2 aliphatic carbocycles. The highest BCUT2D eigenvalue weighted by atomic mass is 16.2. The molecule has 4 nitrogen and oxygen atoms in total. The molecule has 0 heterocycles. The second-order valence-electron chi connectivity index (χ2n) is 6.78. The monoisotopic (exact) mass is 284 g/mol. The number of benzene rings is 1. The summed E-state index contributed by atoms with van der Waals surface area (Å²) in [5, 5.41) is 4.17. The Balaban J connectivity index is 1.83. The van der Waals surface area contributed by atoms with E-state index in [1.54, 1.807) is 24.3 Å². The molecule has 2 atom stereocenters. The lowest BCUT2D eigenvalue weighted by Crippen LogP contribution is -2.34. The van der Waals surface area contributed by atoms with Gasteiger partial charge in [-0.15, -0.1) is 0 Å². The predicted octanol–water partition coefficient (Wildman–Crippen LogP) is 2.80. The quantitative estimate of drug-likeness (QED) is 0.849. The van der Waals surface area contributed by atoms with Gasteiger partial charge in [0.2, 0.25) is 0 Å². The number of ketones is 1. The summed E-state index contributed by atoms with van der Waals surface area (Å²) in [5.41, 5.74) is 3.20. The maximum atomic E-state index is 12.6. The summed E-state index contributed by atoms with van der Waals surface area (Å²) < 4.78 is 0. The second-order valence-corrected chi connectivity index (χ2v) is 6.78. The molecule has 0 unspecified atom stereocenters. The Morgan fingerprint density at radius 2 is 1.90 bits per heavy atom. The molecule has 0 spiro atoms. The largest absolute Gasteiger partial charge is 0.292 e. The summed E-state index contributed by atoms with van der Waals surface area (Å²) in [7, 11) is 0. The van der Waals surface area contributed by atoms with Crippen LogP contribution in [-0.4, -0.2) is 17.4 Å². The lowest BCUT2D eigenvalue weighted by atomic mass is 9.70. The van der Waals surface area contributed by atoms with Gasteiger partial charge in [-0.2, -0.15) is 5.10 Å². The van der Waals surface area contributed by atoms with Crippen molar-refractivity contribution in [2.45, 2.75) is 33.6 Å². The van der Waals surface area contributed by atoms with Crippen molar-refractivity contribution in [1.29, 1.82) is 0 Å². The summed E-state index contributed by atoms with van der Waals surface area (Å²) in [6.45, 7) is 6.28. The van der Waals surface area contributed by atoms with Gasteiger partial charge in [-0.05, 0) is 30.4 Å². The minimum absolute atomic E-state index is 0.0829. The molecule has 0 saturated heterocycles. The number of hydrazone groups is 1. The first-order valence-corrected chi connectivity index (χ1v) is 7.36. The highest BCUT2D eigenvalue weighted by molar-refractivity contribution is 6.45. The van der Waals surface area contributed by atoms with Crippen molar-refractivity contribution in [1.82, 2.24) is 5.43 Å². The van der Waals surface area contributed by atoms with Crippen LogP contribution >= 0.6 is 0 Å². The molecule has 0 aliphatic heterocycles. The zero-order valence-corrected chi connectivity index (χ0v) is 12.6. The first-order valence-electron chi connectivity index (χ1n) is 7.36. The number of nitrogens with one attached hydrogen (secondary N) is 1. The summed E-state index contributed by atoms with van der Waals surface area (Å²) in [6, 6.07) is 8.90. The molecule has 1 aromatic carbocycles. The van der Waals surface area contributed by atoms with Gasteiger partial charge in [0.15, 0.2) is 5.78 Å². The van der Waals surface area contributed by atoms with Gasteiger partial charge in [0.05, 0.1) is 0 Å². The van der Waals surface area contributed by atoms with E-state index in [4.69, 9.17) is 0 Å². The molecule has 1 N–H and O–H groups in total. The number of carbonyl (C=O) groups excluding carboxylic acids is 2. The number of hydrogen-bond donors (Lipinski definition) is 1. The van der Waals surface area contributed by atoms with E-state index in [2.05, 4.69) is 24.4 Å². The van der Waals surface area contributed by atoms with Crippen LogP contribution in [0.1, 0.15) is 44.0 Å². The van der Waals surface area contributed by atoms with Gasteiger partial charge < -0.3 is 0 Å². The third-order valence-electron chi connectivity index (χ3n) is 5.60. The van der Waals surface area contributed by atoms with Crippen LogP contribution in [0.5, 0.6) is 0 Å². The van der Waals surface area contributed by atoms with Crippen LogP contribution in [0.2, 0.25) is 0 Å². The van der Waals surface area contributed by atoms with Crippen LogP contribution < -0.4 is 5.43 Å². The molecular formula is C17H20N2O2. The van der Waals surface area contributed by atoms with E-state index in [0.29, 0.717) is 11.3 Å². The van der Waals surface area contributed by atoms with Crippen molar-refractivity contribution in [3.63, 3.8) is 0 Å². The van der Waals surface area contributed by atoms with E-state index in [1.807, 2.05) is 13.0 Å². The van der Waals surface area contributed by atoms with Gasteiger partial charge in [0.25, 0.3) is 5.91 Å². The van der Waals surface area contributed by atoms with Gasteiger partial charge in [-0.25, -0.2) is 5.43 Å². The zero-order chi connectivity index (χ0) is 15.3. The van der Waals surface area contributed by atoms with Crippen molar-refractivity contribution < 1.29 is 9.59 Å². The molecule has 2 fully saturated rings. The topological polar surface area (TPSA) is 58.5 Å². The maximum Gasteiger partial charge on any atom is 0.271 e. The Morgan fingerprint density at radius 3 is 2.48 bits per heavy atom. The SMILES string of the molecule is CC1(C)[C@@H]2CC[C@@]1(C)C(=O)/C2=N\NC(=O)c1ccccc1. The van der Waals surface area contributed by atoms with Gasteiger partial charge >= 0.3 is 0 Å². The fourth-order valence-electron chi connectivity index (χ4n) is 3.72. The number of nitrogens with zero attached hydrogens (tertiary/aromatic N) is 1. The van der Waals surface area contributed by atoms with E-state index in [9.17, 15) is 9.59 Å². The molecule has 2 saturated carbocycles. The van der Waals surface area contributed by atoms with Crippen molar-refractivity contribution in [3.05, 3.63) is 35.9 Å². The minimum atomic E-state index is -0.339. The molecule has 1 aromatic rings. The molecule has 4 heteroatoms. The summed E-state index contributed by atoms with van der Waals surface area (Å²) in [4.78, 5) is 24.6. The third-order valence-corrected chi connectivity index (χ3v) is 5.60. The van der Waals surface area contributed by atoms with E-state index >= 15 is 0 Å². The number of amides is 1.